The van der Waals surface area contributed by atoms with Crippen molar-refractivity contribution in [3.8, 4) is 5.75 Å². The Labute approximate surface area is 145 Å². The van der Waals surface area contributed by atoms with Crippen LogP contribution in [0.4, 0.5) is 5.69 Å². The molecule has 130 valence electrons. The summed E-state index contributed by atoms with van der Waals surface area (Å²) in [5.41, 5.74) is 0.522. The van der Waals surface area contributed by atoms with E-state index in [0.717, 1.165) is 17.7 Å². The lowest BCUT2D eigenvalue weighted by atomic mass is 9.63. The zero-order valence-corrected chi connectivity index (χ0v) is 14.0. The number of para-hydroxylation sites is 2. The molecule has 1 N–H and O–H groups in total. The van der Waals surface area contributed by atoms with Crippen molar-refractivity contribution < 1.29 is 19.1 Å². The molecule has 0 radical (unpaired) electrons. The molecule has 2 fully saturated rings. The minimum Gasteiger partial charge on any atom is -0.495 e. The zero-order chi connectivity index (χ0) is 17.6. The molecule has 0 unspecified atom stereocenters. The highest BCUT2D eigenvalue weighted by Crippen LogP contribution is 2.49. The third-order valence-corrected chi connectivity index (χ3v) is 5.53. The quantitative estimate of drug-likeness (QED) is 0.670. The van der Waals surface area contributed by atoms with E-state index in [1.807, 2.05) is 0 Å². The summed E-state index contributed by atoms with van der Waals surface area (Å²) in [6, 6.07) is 7.03. The SMILES string of the molecule is COc1ccccc1NC(=O)CN1C(=O)[C@@H]2[C@@H](C1=O)[C@H]1C=C[C@H]2CC1. The third-order valence-electron chi connectivity index (χ3n) is 5.53. The van der Waals surface area contributed by atoms with Crippen LogP contribution >= 0.6 is 0 Å². The van der Waals surface area contributed by atoms with Gasteiger partial charge in [-0.2, -0.15) is 0 Å². The second-order valence-corrected chi connectivity index (χ2v) is 6.85. The van der Waals surface area contributed by atoms with Crippen molar-refractivity contribution in [3.05, 3.63) is 36.4 Å². The summed E-state index contributed by atoms with van der Waals surface area (Å²) in [6.45, 7) is -0.248. The molecule has 0 aromatic heterocycles. The number of amides is 3. The number of nitrogens with one attached hydrogen (secondary N) is 1. The van der Waals surface area contributed by atoms with Gasteiger partial charge in [-0.05, 0) is 36.8 Å². The second-order valence-electron chi connectivity index (χ2n) is 6.85. The molecule has 5 rings (SSSR count). The van der Waals surface area contributed by atoms with E-state index in [2.05, 4.69) is 17.5 Å². The average molecular weight is 340 g/mol. The molecular weight excluding hydrogens is 320 g/mol. The van der Waals surface area contributed by atoms with Crippen LogP contribution in [0.2, 0.25) is 0 Å². The highest BCUT2D eigenvalue weighted by atomic mass is 16.5. The second kappa shape index (κ2) is 6.02. The van der Waals surface area contributed by atoms with Gasteiger partial charge in [0.15, 0.2) is 0 Å². The first kappa shape index (κ1) is 15.9. The van der Waals surface area contributed by atoms with Gasteiger partial charge in [0.05, 0.1) is 24.6 Å². The Morgan fingerprint density at radius 1 is 1.12 bits per heavy atom. The first-order chi connectivity index (χ1) is 12.1. The lowest BCUT2D eigenvalue weighted by Gasteiger charge is -2.38. The number of benzene rings is 1. The van der Waals surface area contributed by atoms with Crippen LogP contribution in [0.5, 0.6) is 5.75 Å². The molecule has 3 amide bonds. The van der Waals surface area contributed by atoms with Crippen LogP contribution in [0.1, 0.15) is 12.8 Å². The maximum absolute atomic E-state index is 12.7. The number of likely N-dealkylation sites (tertiary alicyclic amines) is 1. The fraction of sp³-hybridized carbons (Fsp3) is 0.421. The summed E-state index contributed by atoms with van der Waals surface area (Å²) < 4.78 is 5.20. The molecule has 2 bridgehead atoms. The molecule has 3 aliphatic carbocycles. The van der Waals surface area contributed by atoms with Crippen LogP contribution in [0, 0.1) is 23.7 Å². The summed E-state index contributed by atoms with van der Waals surface area (Å²) in [7, 11) is 1.52. The minimum absolute atomic E-state index is 0.133. The lowest BCUT2D eigenvalue weighted by molar-refractivity contribution is -0.142. The molecule has 6 heteroatoms. The number of hydrogen-bond donors (Lipinski definition) is 1. The normalized spacial score (nSPS) is 29.7. The molecule has 1 aromatic carbocycles. The monoisotopic (exact) mass is 340 g/mol. The number of ether oxygens (including phenoxy) is 1. The highest BCUT2D eigenvalue weighted by Gasteiger charge is 2.56. The van der Waals surface area contributed by atoms with E-state index in [-0.39, 0.29) is 42.0 Å². The number of carbonyl (C=O) groups excluding carboxylic acids is 3. The van der Waals surface area contributed by atoms with E-state index in [0.29, 0.717) is 11.4 Å². The third kappa shape index (κ3) is 2.52. The molecular formula is C19H20N2O4. The van der Waals surface area contributed by atoms with E-state index in [1.165, 1.54) is 7.11 Å². The molecule has 1 saturated heterocycles. The fourth-order valence-corrected chi connectivity index (χ4v) is 4.37. The Bertz CT molecular complexity index is 740. The van der Waals surface area contributed by atoms with Gasteiger partial charge in [0.1, 0.15) is 12.3 Å². The van der Waals surface area contributed by atoms with Gasteiger partial charge < -0.3 is 10.1 Å². The molecule has 6 nitrogen and oxygen atoms in total. The van der Waals surface area contributed by atoms with Crippen molar-refractivity contribution in [3.63, 3.8) is 0 Å². The maximum atomic E-state index is 12.7. The number of carbonyl (C=O) groups is 3. The molecule has 4 atom stereocenters. The summed E-state index contributed by atoms with van der Waals surface area (Å²) >= 11 is 0. The van der Waals surface area contributed by atoms with Crippen molar-refractivity contribution in [2.45, 2.75) is 12.8 Å². The summed E-state index contributed by atoms with van der Waals surface area (Å²) in [6.07, 6.45) is 6.03. The molecule has 1 saturated carbocycles. The van der Waals surface area contributed by atoms with Crippen molar-refractivity contribution in [1.29, 1.82) is 0 Å². The number of anilines is 1. The number of allylic oxidation sites excluding steroid dienone is 2. The standard InChI is InChI=1S/C19H20N2O4/c1-25-14-5-3-2-4-13(14)20-15(22)10-21-18(23)16-11-6-7-12(9-8-11)17(16)19(21)24/h2-7,11-12,16-17H,8-10H2,1H3,(H,20,22)/t11-,12-,16-,17-/m0/s1. The summed E-state index contributed by atoms with van der Waals surface area (Å²) in [5, 5.41) is 2.72. The number of fused-ring (bicyclic) bond motifs is 1. The van der Waals surface area contributed by atoms with Gasteiger partial charge in [0.25, 0.3) is 0 Å². The largest absolute Gasteiger partial charge is 0.495 e. The van der Waals surface area contributed by atoms with Crippen LogP contribution in [0.3, 0.4) is 0 Å². The van der Waals surface area contributed by atoms with Gasteiger partial charge in [-0.1, -0.05) is 24.3 Å². The minimum atomic E-state index is -0.398. The van der Waals surface area contributed by atoms with Crippen molar-refractivity contribution in [2.75, 3.05) is 19.0 Å². The number of nitrogens with zero attached hydrogens (tertiary/aromatic N) is 1. The number of methoxy groups -OCH3 is 1. The van der Waals surface area contributed by atoms with Gasteiger partial charge in [-0.15, -0.1) is 0 Å². The van der Waals surface area contributed by atoms with E-state index in [9.17, 15) is 14.4 Å². The zero-order valence-electron chi connectivity index (χ0n) is 14.0. The van der Waals surface area contributed by atoms with Gasteiger partial charge >= 0.3 is 0 Å². The van der Waals surface area contributed by atoms with E-state index in [4.69, 9.17) is 4.74 Å². The number of rotatable bonds is 4. The van der Waals surface area contributed by atoms with Crippen LogP contribution in [-0.2, 0) is 14.4 Å². The Balaban J connectivity index is 1.49. The molecule has 4 aliphatic rings. The fourth-order valence-electron chi connectivity index (χ4n) is 4.37. The van der Waals surface area contributed by atoms with Crippen molar-refractivity contribution in [1.82, 2.24) is 4.90 Å². The summed E-state index contributed by atoms with van der Waals surface area (Å²) in [4.78, 5) is 39.0. The first-order valence-electron chi connectivity index (χ1n) is 8.56. The van der Waals surface area contributed by atoms with Gasteiger partial charge in [0.2, 0.25) is 17.7 Å². The van der Waals surface area contributed by atoms with Gasteiger partial charge in [-0.25, -0.2) is 0 Å². The van der Waals surface area contributed by atoms with Crippen LogP contribution in [0.25, 0.3) is 0 Å². The topological polar surface area (TPSA) is 75.7 Å². The Morgan fingerprint density at radius 3 is 2.28 bits per heavy atom. The molecule has 1 heterocycles. The first-order valence-corrected chi connectivity index (χ1v) is 8.56. The predicted molar refractivity (Wildman–Crippen MR) is 90.7 cm³/mol. The smallest absolute Gasteiger partial charge is 0.244 e. The molecule has 25 heavy (non-hydrogen) atoms. The lowest BCUT2D eigenvalue weighted by Crippen LogP contribution is -2.38. The van der Waals surface area contributed by atoms with Crippen LogP contribution in [0.15, 0.2) is 36.4 Å². The Morgan fingerprint density at radius 2 is 1.72 bits per heavy atom. The maximum Gasteiger partial charge on any atom is 0.244 e. The summed E-state index contributed by atoms with van der Waals surface area (Å²) in [5.74, 6) is -0.572. The van der Waals surface area contributed by atoms with Gasteiger partial charge in [-0.3, -0.25) is 19.3 Å². The molecule has 0 spiro atoms. The number of imide groups is 1. The van der Waals surface area contributed by atoms with Crippen LogP contribution < -0.4 is 10.1 Å². The Hall–Kier alpha value is -2.63. The molecule has 1 aliphatic heterocycles. The van der Waals surface area contributed by atoms with Crippen molar-refractivity contribution in [2.24, 2.45) is 23.7 Å². The predicted octanol–water partition coefficient (Wildman–Crippen LogP) is 1.83. The van der Waals surface area contributed by atoms with Crippen molar-refractivity contribution >= 4 is 23.4 Å². The van der Waals surface area contributed by atoms with E-state index in [1.54, 1.807) is 24.3 Å². The van der Waals surface area contributed by atoms with Crippen LogP contribution in [-0.4, -0.2) is 36.3 Å². The van der Waals surface area contributed by atoms with E-state index < -0.39 is 5.91 Å². The highest BCUT2D eigenvalue weighted by molar-refractivity contribution is 6.09. The Kier molecular flexibility index (Phi) is 3.82. The average Bonchev–Trinajstić information content (AvgIpc) is 2.90. The molecule has 1 aromatic rings. The van der Waals surface area contributed by atoms with Gasteiger partial charge in [0, 0.05) is 0 Å². The number of hydrogen-bond acceptors (Lipinski definition) is 4. The van der Waals surface area contributed by atoms with E-state index >= 15 is 0 Å².